The monoisotopic (exact) mass is 463 g/mol. The average molecular weight is 465 g/mol. The van der Waals surface area contributed by atoms with Crippen molar-refractivity contribution in [2.24, 2.45) is 0 Å². The smallest absolute Gasteiger partial charge is 0.319 e. The number of hydrogen-bond donors (Lipinski definition) is 3. The molecule has 0 fully saturated rings. The lowest BCUT2D eigenvalue weighted by atomic mass is 9.95. The Labute approximate surface area is 162 Å². The van der Waals surface area contributed by atoms with Gasteiger partial charge in [-0.15, -0.1) is 0 Å². The van der Waals surface area contributed by atoms with Crippen molar-refractivity contribution in [1.29, 1.82) is 0 Å². The molecule has 1 aliphatic heterocycles. The van der Waals surface area contributed by atoms with Gasteiger partial charge in [-0.2, -0.15) is 0 Å². The number of urea groups is 1. The van der Waals surface area contributed by atoms with Crippen molar-refractivity contribution in [2.75, 3.05) is 5.32 Å². The van der Waals surface area contributed by atoms with Gasteiger partial charge in [-0.3, -0.25) is 4.79 Å². The molecule has 128 valence electrons. The topological polar surface area (TPSA) is 70.2 Å². The number of amides is 3. The first-order chi connectivity index (χ1) is 11.9. The molecule has 1 aliphatic rings. The van der Waals surface area contributed by atoms with E-state index < -0.39 is 6.04 Å². The van der Waals surface area contributed by atoms with Crippen molar-refractivity contribution in [2.45, 2.75) is 13.0 Å². The summed E-state index contributed by atoms with van der Waals surface area (Å²) in [6.45, 7) is 1.72. The Morgan fingerprint density at radius 3 is 2.48 bits per heavy atom. The first-order valence-corrected chi connectivity index (χ1v) is 9.13. The third kappa shape index (κ3) is 4.11. The van der Waals surface area contributed by atoms with Gasteiger partial charge in [0.25, 0.3) is 5.91 Å². The zero-order valence-corrected chi connectivity index (χ0v) is 16.4. The van der Waals surface area contributed by atoms with Crippen LogP contribution in [0.4, 0.5) is 10.5 Å². The SMILES string of the molecule is CC1=C(C(=O)Nc2ccc(Br)cc2)[C@@H](c2cccc(Br)c2)NC(=O)N1. The maximum absolute atomic E-state index is 12.9. The number of nitrogens with one attached hydrogen (secondary N) is 3. The van der Waals surface area contributed by atoms with Gasteiger partial charge in [0.1, 0.15) is 0 Å². The number of halogens is 2. The van der Waals surface area contributed by atoms with E-state index in [-0.39, 0.29) is 11.9 Å². The largest absolute Gasteiger partial charge is 0.327 e. The lowest BCUT2D eigenvalue weighted by Crippen LogP contribution is -2.45. The fourth-order valence-corrected chi connectivity index (χ4v) is 3.34. The first-order valence-electron chi connectivity index (χ1n) is 7.54. The summed E-state index contributed by atoms with van der Waals surface area (Å²) >= 11 is 6.79. The third-order valence-corrected chi connectivity index (χ3v) is 4.82. The van der Waals surface area contributed by atoms with E-state index in [9.17, 15) is 9.59 Å². The van der Waals surface area contributed by atoms with Crippen molar-refractivity contribution in [1.82, 2.24) is 10.6 Å². The molecule has 1 atom stereocenters. The van der Waals surface area contributed by atoms with E-state index in [0.29, 0.717) is 17.0 Å². The van der Waals surface area contributed by atoms with E-state index in [1.54, 1.807) is 19.1 Å². The van der Waals surface area contributed by atoms with Crippen LogP contribution in [0, 0.1) is 0 Å². The van der Waals surface area contributed by atoms with Crippen molar-refractivity contribution >= 4 is 49.5 Å². The van der Waals surface area contributed by atoms with Crippen LogP contribution in [-0.4, -0.2) is 11.9 Å². The highest BCUT2D eigenvalue weighted by molar-refractivity contribution is 9.10. The maximum Gasteiger partial charge on any atom is 0.319 e. The van der Waals surface area contributed by atoms with E-state index in [1.165, 1.54) is 0 Å². The molecule has 0 unspecified atom stereocenters. The van der Waals surface area contributed by atoms with E-state index in [1.807, 2.05) is 36.4 Å². The van der Waals surface area contributed by atoms with Gasteiger partial charge in [0, 0.05) is 20.3 Å². The van der Waals surface area contributed by atoms with Crippen LogP contribution in [0.2, 0.25) is 0 Å². The zero-order chi connectivity index (χ0) is 18.0. The number of benzene rings is 2. The van der Waals surface area contributed by atoms with Gasteiger partial charge in [-0.25, -0.2) is 4.79 Å². The number of rotatable bonds is 3. The Kier molecular flexibility index (Phi) is 5.24. The number of carbonyl (C=O) groups excluding carboxylic acids is 2. The van der Waals surface area contributed by atoms with Gasteiger partial charge in [0.2, 0.25) is 0 Å². The molecule has 1 heterocycles. The molecule has 5 nitrogen and oxygen atoms in total. The van der Waals surface area contributed by atoms with E-state index in [4.69, 9.17) is 0 Å². The Hall–Kier alpha value is -2.12. The highest BCUT2D eigenvalue weighted by Crippen LogP contribution is 2.29. The summed E-state index contributed by atoms with van der Waals surface area (Å²) in [5.74, 6) is -0.266. The lowest BCUT2D eigenvalue weighted by Gasteiger charge is -2.28. The van der Waals surface area contributed by atoms with Gasteiger partial charge in [-0.1, -0.05) is 44.0 Å². The zero-order valence-electron chi connectivity index (χ0n) is 13.3. The lowest BCUT2D eigenvalue weighted by molar-refractivity contribution is -0.113. The minimum absolute atomic E-state index is 0.266. The summed E-state index contributed by atoms with van der Waals surface area (Å²) < 4.78 is 1.81. The number of allylic oxidation sites excluding steroid dienone is 1. The van der Waals surface area contributed by atoms with E-state index in [2.05, 4.69) is 47.8 Å². The summed E-state index contributed by atoms with van der Waals surface area (Å²) in [5, 5.41) is 8.37. The molecule has 0 saturated heterocycles. The van der Waals surface area contributed by atoms with Crippen LogP contribution in [0.15, 0.2) is 68.7 Å². The molecule has 0 saturated carbocycles. The molecule has 3 amide bonds. The molecule has 0 aromatic heterocycles. The highest BCUT2D eigenvalue weighted by atomic mass is 79.9. The predicted molar refractivity (Wildman–Crippen MR) is 104 cm³/mol. The minimum atomic E-state index is -0.526. The third-order valence-electron chi connectivity index (χ3n) is 3.80. The molecule has 25 heavy (non-hydrogen) atoms. The van der Waals surface area contributed by atoms with Gasteiger partial charge in [-0.05, 0) is 48.9 Å². The summed E-state index contributed by atoms with van der Waals surface area (Å²) in [7, 11) is 0. The van der Waals surface area contributed by atoms with Crippen LogP contribution in [0.1, 0.15) is 18.5 Å². The van der Waals surface area contributed by atoms with Gasteiger partial charge in [0.15, 0.2) is 0 Å². The highest BCUT2D eigenvalue weighted by Gasteiger charge is 2.31. The first kappa shape index (κ1) is 17.7. The molecule has 7 heteroatoms. The molecule has 0 aliphatic carbocycles. The van der Waals surface area contributed by atoms with Crippen molar-refractivity contribution in [3.63, 3.8) is 0 Å². The molecule has 0 spiro atoms. The van der Waals surface area contributed by atoms with Crippen LogP contribution < -0.4 is 16.0 Å². The number of carbonyl (C=O) groups is 2. The van der Waals surface area contributed by atoms with Crippen LogP contribution >= 0.6 is 31.9 Å². The number of hydrogen-bond acceptors (Lipinski definition) is 2. The van der Waals surface area contributed by atoms with Crippen molar-refractivity contribution in [3.8, 4) is 0 Å². The van der Waals surface area contributed by atoms with Gasteiger partial charge >= 0.3 is 6.03 Å². The van der Waals surface area contributed by atoms with E-state index in [0.717, 1.165) is 14.5 Å². The summed E-state index contributed by atoms with van der Waals surface area (Å²) in [5.41, 5.74) is 2.51. The quantitative estimate of drug-likeness (QED) is 0.626. The molecular formula is C18H15Br2N3O2. The van der Waals surface area contributed by atoms with Crippen LogP contribution in [0.25, 0.3) is 0 Å². The molecule has 2 aromatic rings. The second kappa shape index (κ2) is 7.41. The van der Waals surface area contributed by atoms with Crippen LogP contribution in [0.3, 0.4) is 0 Å². The molecule has 3 N–H and O–H groups in total. The Balaban J connectivity index is 1.94. The van der Waals surface area contributed by atoms with E-state index >= 15 is 0 Å². The predicted octanol–water partition coefficient (Wildman–Crippen LogP) is 4.48. The minimum Gasteiger partial charge on any atom is -0.327 e. The maximum atomic E-state index is 12.9. The standard InChI is InChI=1S/C18H15Br2N3O2/c1-10-15(17(24)22-14-7-5-12(19)6-8-14)16(23-18(25)21-10)11-3-2-4-13(20)9-11/h2-9,16H,1H3,(H,22,24)(H2,21,23,25)/t16-/m1/s1. The fourth-order valence-electron chi connectivity index (χ4n) is 2.66. The normalized spacial score (nSPS) is 16.9. The molecule has 3 rings (SSSR count). The molecule has 0 bridgehead atoms. The Morgan fingerprint density at radius 2 is 1.80 bits per heavy atom. The van der Waals surface area contributed by atoms with Crippen LogP contribution in [-0.2, 0) is 4.79 Å². The average Bonchev–Trinajstić information content (AvgIpc) is 2.56. The van der Waals surface area contributed by atoms with Crippen LogP contribution in [0.5, 0.6) is 0 Å². The Morgan fingerprint density at radius 1 is 1.08 bits per heavy atom. The van der Waals surface area contributed by atoms with Crippen molar-refractivity contribution < 1.29 is 9.59 Å². The number of anilines is 1. The van der Waals surface area contributed by atoms with Gasteiger partial charge in [0.05, 0.1) is 11.6 Å². The fraction of sp³-hybridized carbons (Fsp3) is 0.111. The molecule has 0 radical (unpaired) electrons. The Bertz CT molecular complexity index is 863. The second-order valence-electron chi connectivity index (χ2n) is 5.59. The summed E-state index contributed by atoms with van der Waals surface area (Å²) in [4.78, 5) is 24.8. The molecule has 2 aromatic carbocycles. The van der Waals surface area contributed by atoms with Crippen molar-refractivity contribution in [3.05, 3.63) is 74.3 Å². The van der Waals surface area contributed by atoms with Gasteiger partial charge < -0.3 is 16.0 Å². The summed E-state index contributed by atoms with van der Waals surface area (Å²) in [6.07, 6.45) is 0. The molecular weight excluding hydrogens is 450 g/mol. The second-order valence-corrected chi connectivity index (χ2v) is 7.42. The summed E-state index contributed by atoms with van der Waals surface area (Å²) in [6, 6.07) is 14.0.